The molecular formula is C43H88NO7P. The van der Waals surface area contributed by atoms with Gasteiger partial charge in [-0.25, -0.2) is 0 Å². The Kier molecular flexibility index (Phi) is 37.1. The van der Waals surface area contributed by atoms with Gasteiger partial charge in [-0.2, -0.15) is 0 Å². The van der Waals surface area contributed by atoms with Gasteiger partial charge in [0.1, 0.15) is 19.3 Å². The number of quaternary nitrogens is 1. The van der Waals surface area contributed by atoms with Crippen LogP contribution in [-0.4, -0.2) is 70.7 Å². The maximum Gasteiger partial charge on any atom is 0.306 e. The van der Waals surface area contributed by atoms with Gasteiger partial charge in [-0.15, -0.1) is 0 Å². The van der Waals surface area contributed by atoms with Gasteiger partial charge in [-0.3, -0.25) is 9.36 Å². The van der Waals surface area contributed by atoms with E-state index in [1.54, 1.807) is 0 Å². The van der Waals surface area contributed by atoms with Crippen molar-refractivity contribution in [1.82, 2.24) is 0 Å². The van der Waals surface area contributed by atoms with Crippen molar-refractivity contribution in [3.05, 3.63) is 0 Å². The SMILES string of the molecule is CCCCCCCCCCCCCCCCCCCCCCCOCC(COP(=O)([O-])OCC[N+](C)(C)C)OC(=O)CCCCCCCCCCC. The van der Waals surface area contributed by atoms with Gasteiger partial charge in [0.25, 0.3) is 7.82 Å². The quantitative estimate of drug-likeness (QED) is 0.0264. The predicted octanol–water partition coefficient (Wildman–Crippen LogP) is 12.3. The van der Waals surface area contributed by atoms with Crippen molar-refractivity contribution in [2.45, 2.75) is 219 Å². The Morgan fingerprint density at radius 3 is 1.27 bits per heavy atom. The van der Waals surface area contributed by atoms with Crippen molar-refractivity contribution in [2.24, 2.45) is 0 Å². The van der Waals surface area contributed by atoms with Gasteiger partial charge in [0.15, 0.2) is 0 Å². The van der Waals surface area contributed by atoms with Crippen molar-refractivity contribution < 1.29 is 37.3 Å². The number of ether oxygens (including phenoxy) is 2. The fourth-order valence-corrected chi connectivity index (χ4v) is 7.16. The Hall–Kier alpha value is -0.500. The number of phosphoric ester groups is 1. The van der Waals surface area contributed by atoms with Crippen LogP contribution in [0, 0.1) is 0 Å². The lowest BCUT2D eigenvalue weighted by molar-refractivity contribution is -0.870. The minimum absolute atomic E-state index is 0.0311. The summed E-state index contributed by atoms with van der Waals surface area (Å²) >= 11 is 0. The molecule has 0 amide bonds. The first-order chi connectivity index (χ1) is 25.1. The number of carbonyl (C=O) groups is 1. The summed E-state index contributed by atoms with van der Waals surface area (Å²) in [5, 5.41) is 0. The molecule has 0 aliphatic heterocycles. The Morgan fingerprint density at radius 1 is 0.519 bits per heavy atom. The molecule has 0 spiro atoms. The molecule has 0 saturated heterocycles. The summed E-state index contributed by atoms with van der Waals surface area (Å²) < 4.78 is 34.5. The third-order valence-corrected chi connectivity index (χ3v) is 10.9. The van der Waals surface area contributed by atoms with E-state index in [0.29, 0.717) is 24.1 Å². The van der Waals surface area contributed by atoms with Crippen molar-refractivity contribution in [3.63, 3.8) is 0 Å². The summed E-state index contributed by atoms with van der Waals surface area (Å²) in [5.41, 5.74) is 0. The van der Waals surface area contributed by atoms with Crippen LogP contribution in [0.5, 0.6) is 0 Å². The summed E-state index contributed by atoms with van der Waals surface area (Å²) in [6.07, 6.45) is 38.4. The fourth-order valence-electron chi connectivity index (χ4n) is 6.43. The molecule has 0 radical (unpaired) electrons. The minimum atomic E-state index is -4.51. The second-order valence-corrected chi connectivity index (χ2v) is 17.8. The van der Waals surface area contributed by atoms with Gasteiger partial charge < -0.3 is 27.9 Å². The first kappa shape index (κ1) is 51.5. The van der Waals surface area contributed by atoms with Crippen molar-refractivity contribution in [2.75, 3.05) is 54.1 Å². The molecule has 0 saturated carbocycles. The normalized spacial score (nSPS) is 13.7. The third-order valence-electron chi connectivity index (χ3n) is 9.91. The number of likely N-dealkylation sites (N-methyl/N-ethyl adjacent to an activating group) is 1. The van der Waals surface area contributed by atoms with E-state index in [1.165, 1.54) is 161 Å². The van der Waals surface area contributed by atoms with Gasteiger partial charge in [-0.05, 0) is 12.8 Å². The molecule has 2 atom stereocenters. The van der Waals surface area contributed by atoms with E-state index in [4.69, 9.17) is 18.5 Å². The Labute approximate surface area is 323 Å². The first-order valence-corrected chi connectivity index (χ1v) is 23.7. The average molecular weight is 762 g/mol. The van der Waals surface area contributed by atoms with Crippen LogP contribution in [-0.2, 0) is 27.9 Å². The molecule has 0 aromatic heterocycles. The zero-order valence-electron chi connectivity index (χ0n) is 35.3. The molecule has 0 aromatic carbocycles. The van der Waals surface area contributed by atoms with E-state index in [0.717, 1.165) is 32.1 Å². The van der Waals surface area contributed by atoms with E-state index in [9.17, 15) is 14.3 Å². The van der Waals surface area contributed by atoms with Gasteiger partial charge in [0.05, 0.1) is 34.4 Å². The maximum atomic E-state index is 12.6. The van der Waals surface area contributed by atoms with Crippen LogP contribution < -0.4 is 4.89 Å². The largest absolute Gasteiger partial charge is 0.756 e. The van der Waals surface area contributed by atoms with Crippen LogP contribution in [0.25, 0.3) is 0 Å². The van der Waals surface area contributed by atoms with Gasteiger partial charge >= 0.3 is 5.97 Å². The van der Waals surface area contributed by atoms with E-state index >= 15 is 0 Å². The standard InChI is InChI=1S/C43H88NO7P/c1-6-8-10-12-14-16-17-18-19-20-21-22-23-24-25-26-27-29-31-33-35-38-48-40-42(41-50-52(46,47)49-39-37-44(3,4)5)51-43(45)36-34-32-30-28-15-13-11-9-7-2/h42H,6-41H2,1-5H3. The highest BCUT2D eigenvalue weighted by atomic mass is 31.2. The highest BCUT2D eigenvalue weighted by Crippen LogP contribution is 2.38. The number of unbranched alkanes of at least 4 members (excludes halogenated alkanes) is 28. The van der Waals surface area contributed by atoms with Gasteiger partial charge in [0, 0.05) is 13.0 Å². The van der Waals surface area contributed by atoms with Crippen LogP contribution in [0.3, 0.4) is 0 Å². The molecule has 0 N–H and O–H groups in total. The van der Waals surface area contributed by atoms with Crippen LogP contribution in [0.4, 0.5) is 0 Å². The molecule has 8 nitrogen and oxygen atoms in total. The molecule has 0 bridgehead atoms. The number of hydrogen-bond acceptors (Lipinski definition) is 7. The van der Waals surface area contributed by atoms with Gasteiger partial charge in [0.2, 0.25) is 0 Å². The summed E-state index contributed by atoms with van der Waals surface area (Å²) in [6, 6.07) is 0. The van der Waals surface area contributed by atoms with E-state index < -0.39 is 13.9 Å². The first-order valence-electron chi connectivity index (χ1n) is 22.3. The summed E-state index contributed by atoms with van der Waals surface area (Å²) in [7, 11) is 1.37. The molecule has 2 unspecified atom stereocenters. The molecule has 0 rings (SSSR count). The smallest absolute Gasteiger partial charge is 0.306 e. The zero-order chi connectivity index (χ0) is 38.4. The number of nitrogens with zero attached hydrogens (tertiary/aromatic N) is 1. The monoisotopic (exact) mass is 762 g/mol. The van der Waals surface area contributed by atoms with E-state index in [1.807, 2.05) is 21.1 Å². The molecule has 0 heterocycles. The Bertz CT molecular complexity index is 807. The van der Waals surface area contributed by atoms with Crippen LogP contribution in [0.2, 0.25) is 0 Å². The molecule has 0 aliphatic carbocycles. The lowest BCUT2D eigenvalue weighted by Gasteiger charge is -2.28. The fraction of sp³-hybridized carbons (Fsp3) is 0.977. The highest BCUT2D eigenvalue weighted by Gasteiger charge is 2.20. The predicted molar refractivity (Wildman–Crippen MR) is 218 cm³/mol. The van der Waals surface area contributed by atoms with Crippen molar-refractivity contribution >= 4 is 13.8 Å². The summed E-state index contributed by atoms with van der Waals surface area (Å²) in [6.45, 7) is 5.44. The average Bonchev–Trinajstić information content (AvgIpc) is 3.09. The highest BCUT2D eigenvalue weighted by molar-refractivity contribution is 7.45. The second-order valence-electron chi connectivity index (χ2n) is 16.4. The maximum absolute atomic E-state index is 12.6. The summed E-state index contributed by atoms with van der Waals surface area (Å²) in [5.74, 6) is -0.332. The van der Waals surface area contributed by atoms with Gasteiger partial charge in [-0.1, -0.05) is 194 Å². The van der Waals surface area contributed by atoms with E-state index in [2.05, 4.69) is 13.8 Å². The molecular weight excluding hydrogens is 673 g/mol. The number of hydrogen-bond donors (Lipinski definition) is 0. The lowest BCUT2D eigenvalue weighted by atomic mass is 10.0. The number of carbonyl (C=O) groups excluding carboxylic acids is 1. The summed E-state index contributed by atoms with van der Waals surface area (Å²) in [4.78, 5) is 24.9. The Morgan fingerprint density at radius 2 is 0.885 bits per heavy atom. The third kappa shape index (κ3) is 40.7. The topological polar surface area (TPSA) is 94.1 Å². The van der Waals surface area contributed by atoms with E-state index in [-0.39, 0.29) is 25.8 Å². The molecule has 312 valence electrons. The second kappa shape index (κ2) is 37.4. The lowest BCUT2D eigenvalue weighted by Crippen LogP contribution is -2.37. The number of rotatable bonds is 42. The molecule has 0 fully saturated rings. The molecule has 0 aromatic rings. The minimum Gasteiger partial charge on any atom is -0.756 e. The Balaban J connectivity index is 4.04. The number of esters is 1. The molecule has 9 heteroatoms. The van der Waals surface area contributed by atoms with Crippen LogP contribution >= 0.6 is 7.82 Å². The molecule has 52 heavy (non-hydrogen) atoms. The zero-order valence-corrected chi connectivity index (χ0v) is 36.2. The van der Waals surface area contributed by atoms with Crippen molar-refractivity contribution in [1.29, 1.82) is 0 Å². The van der Waals surface area contributed by atoms with Crippen molar-refractivity contribution in [3.8, 4) is 0 Å². The van der Waals surface area contributed by atoms with Crippen LogP contribution in [0.15, 0.2) is 0 Å². The van der Waals surface area contributed by atoms with Crippen LogP contribution in [0.1, 0.15) is 213 Å². The number of phosphoric acid groups is 1. The molecule has 0 aliphatic rings.